The molecule has 2 aromatic rings. The Morgan fingerprint density at radius 2 is 1.69 bits per heavy atom. The van der Waals surface area contributed by atoms with E-state index in [1.807, 2.05) is 31.2 Å². The number of benzene rings is 2. The normalized spacial score (nSPS) is 11.2. The molecule has 0 spiro atoms. The van der Waals surface area contributed by atoms with E-state index in [9.17, 15) is 13.2 Å². The van der Waals surface area contributed by atoms with Gasteiger partial charge in [0.1, 0.15) is 19.0 Å². The van der Waals surface area contributed by atoms with Crippen molar-refractivity contribution in [3.05, 3.63) is 54.1 Å². The number of carbonyl (C=O) groups is 1. The molecule has 0 amide bonds. The zero-order chi connectivity index (χ0) is 19.0. The molecular weight excluding hydrogens is 374 g/mol. The molecule has 0 aliphatic heterocycles. The second-order valence-corrected chi connectivity index (χ2v) is 8.23. The molecule has 0 aliphatic carbocycles. The van der Waals surface area contributed by atoms with E-state index in [4.69, 9.17) is 14.6 Å². The van der Waals surface area contributed by atoms with Gasteiger partial charge in [0, 0.05) is 10.6 Å². The van der Waals surface area contributed by atoms with E-state index in [1.54, 1.807) is 11.8 Å². The standard InChI is InChI=1S/C18H21NO5S2/c1-14-2-6-16(7-3-14)25-13-10-18(20)24-12-11-23-15-4-8-17(9-5-15)26(19,21)22/h2-9H,10-13H2,1H3,(H2,19,21,22). The van der Waals surface area contributed by atoms with Gasteiger partial charge >= 0.3 is 5.97 Å². The smallest absolute Gasteiger partial charge is 0.306 e. The number of nitrogens with two attached hydrogens (primary N) is 1. The summed E-state index contributed by atoms with van der Waals surface area (Å²) >= 11 is 1.61. The largest absolute Gasteiger partial charge is 0.490 e. The second kappa shape index (κ2) is 9.61. The fourth-order valence-corrected chi connectivity index (χ4v) is 3.35. The van der Waals surface area contributed by atoms with Crippen molar-refractivity contribution in [1.82, 2.24) is 0 Å². The van der Waals surface area contributed by atoms with Crippen LogP contribution >= 0.6 is 11.8 Å². The summed E-state index contributed by atoms with van der Waals surface area (Å²) in [7, 11) is -3.71. The molecule has 0 atom stereocenters. The van der Waals surface area contributed by atoms with Crippen LogP contribution < -0.4 is 9.88 Å². The number of esters is 1. The molecule has 0 saturated heterocycles. The van der Waals surface area contributed by atoms with Gasteiger partial charge in [-0.05, 0) is 43.3 Å². The van der Waals surface area contributed by atoms with Crippen LogP contribution in [0.5, 0.6) is 5.75 Å². The molecule has 0 heterocycles. The zero-order valence-electron chi connectivity index (χ0n) is 14.4. The van der Waals surface area contributed by atoms with Gasteiger partial charge in [-0.2, -0.15) is 0 Å². The third-order valence-corrected chi connectivity index (χ3v) is 5.31. The monoisotopic (exact) mass is 395 g/mol. The molecule has 2 aromatic carbocycles. The Hall–Kier alpha value is -2.03. The van der Waals surface area contributed by atoms with Gasteiger partial charge in [0.2, 0.25) is 10.0 Å². The average Bonchev–Trinajstić information content (AvgIpc) is 2.60. The molecule has 6 nitrogen and oxygen atoms in total. The molecule has 8 heteroatoms. The summed E-state index contributed by atoms with van der Waals surface area (Å²) < 4.78 is 32.8. The summed E-state index contributed by atoms with van der Waals surface area (Å²) in [4.78, 5) is 12.8. The number of sulfonamides is 1. The number of thioether (sulfide) groups is 1. The SMILES string of the molecule is Cc1ccc(SCCC(=O)OCCOc2ccc(S(N)(=O)=O)cc2)cc1. The minimum absolute atomic E-state index is 0.0161. The van der Waals surface area contributed by atoms with Gasteiger partial charge in [-0.15, -0.1) is 11.8 Å². The number of aryl methyl sites for hydroxylation is 1. The highest BCUT2D eigenvalue weighted by Gasteiger charge is 2.07. The topological polar surface area (TPSA) is 95.7 Å². The maximum Gasteiger partial charge on any atom is 0.306 e. The van der Waals surface area contributed by atoms with Crippen LogP contribution in [0.3, 0.4) is 0 Å². The highest BCUT2D eigenvalue weighted by atomic mass is 32.2. The Labute approximate surface area is 157 Å². The molecule has 0 fully saturated rings. The lowest BCUT2D eigenvalue weighted by atomic mass is 10.2. The Kier molecular flexibility index (Phi) is 7.50. The van der Waals surface area contributed by atoms with Gasteiger partial charge < -0.3 is 9.47 Å². The number of carbonyl (C=O) groups excluding carboxylic acids is 1. The number of primary sulfonamides is 1. The van der Waals surface area contributed by atoms with Crippen LogP contribution in [0.25, 0.3) is 0 Å². The minimum atomic E-state index is -3.71. The Morgan fingerprint density at radius 3 is 2.31 bits per heavy atom. The summed E-state index contributed by atoms with van der Waals surface area (Å²) in [5.74, 6) is 0.846. The minimum Gasteiger partial charge on any atom is -0.490 e. The van der Waals surface area contributed by atoms with Crippen LogP contribution in [0.1, 0.15) is 12.0 Å². The van der Waals surface area contributed by atoms with Crippen molar-refractivity contribution in [2.24, 2.45) is 5.14 Å². The fraction of sp³-hybridized carbons (Fsp3) is 0.278. The van der Waals surface area contributed by atoms with Crippen LogP contribution in [0.4, 0.5) is 0 Å². The number of hydrogen-bond acceptors (Lipinski definition) is 6. The van der Waals surface area contributed by atoms with Crippen LogP contribution in [0.2, 0.25) is 0 Å². The molecule has 26 heavy (non-hydrogen) atoms. The predicted molar refractivity (Wildman–Crippen MR) is 101 cm³/mol. The van der Waals surface area contributed by atoms with Crippen molar-refractivity contribution >= 4 is 27.8 Å². The van der Waals surface area contributed by atoms with Crippen LogP contribution in [0, 0.1) is 6.92 Å². The molecule has 0 aromatic heterocycles. The highest BCUT2D eigenvalue weighted by molar-refractivity contribution is 7.99. The Bertz CT molecular complexity index is 818. The van der Waals surface area contributed by atoms with Gasteiger partial charge in [0.05, 0.1) is 11.3 Å². The van der Waals surface area contributed by atoms with Crippen molar-refractivity contribution in [3.8, 4) is 5.75 Å². The van der Waals surface area contributed by atoms with Crippen molar-refractivity contribution in [2.45, 2.75) is 23.1 Å². The fourth-order valence-electron chi connectivity index (χ4n) is 2.00. The van der Waals surface area contributed by atoms with E-state index in [-0.39, 0.29) is 24.1 Å². The van der Waals surface area contributed by atoms with E-state index in [2.05, 4.69) is 0 Å². The quantitative estimate of drug-likeness (QED) is 0.398. The van der Waals surface area contributed by atoms with Crippen LogP contribution in [-0.2, 0) is 19.6 Å². The first-order valence-electron chi connectivity index (χ1n) is 7.95. The summed E-state index contributed by atoms with van der Waals surface area (Å²) in [6.45, 7) is 2.35. The first kappa shape index (κ1) is 20.3. The number of hydrogen-bond donors (Lipinski definition) is 1. The van der Waals surface area contributed by atoms with Gasteiger partial charge in [0.25, 0.3) is 0 Å². The molecular formula is C18H21NO5S2. The highest BCUT2D eigenvalue weighted by Crippen LogP contribution is 2.19. The molecule has 2 rings (SSSR count). The third-order valence-electron chi connectivity index (χ3n) is 3.36. The van der Waals surface area contributed by atoms with E-state index >= 15 is 0 Å². The van der Waals surface area contributed by atoms with E-state index in [0.29, 0.717) is 17.9 Å². The van der Waals surface area contributed by atoms with Gasteiger partial charge in [0.15, 0.2) is 0 Å². The Balaban J connectivity index is 1.61. The van der Waals surface area contributed by atoms with Gasteiger partial charge in [-0.3, -0.25) is 4.79 Å². The van der Waals surface area contributed by atoms with E-state index in [1.165, 1.54) is 29.8 Å². The molecule has 0 aliphatic rings. The average molecular weight is 396 g/mol. The maximum absolute atomic E-state index is 11.7. The summed E-state index contributed by atoms with van der Waals surface area (Å²) in [6, 6.07) is 13.8. The molecule has 0 saturated carbocycles. The summed E-state index contributed by atoms with van der Waals surface area (Å²) in [5, 5.41) is 5.02. The second-order valence-electron chi connectivity index (χ2n) is 5.50. The third kappa shape index (κ3) is 7.07. The van der Waals surface area contributed by atoms with Crippen LogP contribution in [-0.4, -0.2) is 33.4 Å². The van der Waals surface area contributed by atoms with Gasteiger partial charge in [-0.25, -0.2) is 13.6 Å². The van der Waals surface area contributed by atoms with Crippen molar-refractivity contribution in [2.75, 3.05) is 19.0 Å². The zero-order valence-corrected chi connectivity index (χ0v) is 16.0. The number of rotatable bonds is 9. The molecule has 0 bridgehead atoms. The maximum atomic E-state index is 11.7. The lowest BCUT2D eigenvalue weighted by molar-refractivity contribution is -0.143. The molecule has 2 N–H and O–H groups in total. The summed E-state index contributed by atoms with van der Waals surface area (Å²) in [5.41, 5.74) is 1.20. The van der Waals surface area contributed by atoms with E-state index in [0.717, 1.165) is 4.90 Å². The van der Waals surface area contributed by atoms with Crippen molar-refractivity contribution in [1.29, 1.82) is 0 Å². The van der Waals surface area contributed by atoms with Gasteiger partial charge in [-0.1, -0.05) is 17.7 Å². The van der Waals surface area contributed by atoms with Crippen molar-refractivity contribution in [3.63, 3.8) is 0 Å². The molecule has 0 radical (unpaired) electrons. The van der Waals surface area contributed by atoms with Crippen molar-refractivity contribution < 1.29 is 22.7 Å². The first-order chi connectivity index (χ1) is 12.3. The lowest BCUT2D eigenvalue weighted by Gasteiger charge is -2.08. The van der Waals surface area contributed by atoms with E-state index < -0.39 is 10.0 Å². The Morgan fingerprint density at radius 1 is 1.04 bits per heavy atom. The predicted octanol–water partition coefficient (Wildman–Crippen LogP) is 2.75. The lowest BCUT2D eigenvalue weighted by Crippen LogP contribution is -2.13. The molecule has 0 unspecified atom stereocenters. The first-order valence-corrected chi connectivity index (χ1v) is 10.5. The molecule has 140 valence electrons. The number of ether oxygens (including phenoxy) is 2. The summed E-state index contributed by atoms with van der Waals surface area (Å²) in [6.07, 6.45) is 0.321. The van der Waals surface area contributed by atoms with Crippen LogP contribution in [0.15, 0.2) is 58.3 Å².